The van der Waals surface area contributed by atoms with Crippen molar-refractivity contribution in [3.63, 3.8) is 0 Å². The lowest BCUT2D eigenvalue weighted by Gasteiger charge is -2.14. The van der Waals surface area contributed by atoms with Gasteiger partial charge in [-0.05, 0) is 30.0 Å². The van der Waals surface area contributed by atoms with Crippen LogP contribution >= 0.6 is 0 Å². The molecule has 1 aliphatic carbocycles. The molecule has 2 aliphatic rings. The summed E-state index contributed by atoms with van der Waals surface area (Å²) in [6.07, 6.45) is 3.35. The molecule has 7 nitrogen and oxygen atoms in total. The molecule has 29 heavy (non-hydrogen) atoms. The number of hydrogen-bond donors (Lipinski definition) is 1. The Morgan fingerprint density at radius 2 is 2.17 bits per heavy atom. The second kappa shape index (κ2) is 7.46. The molecule has 2 aromatic rings. The summed E-state index contributed by atoms with van der Waals surface area (Å²) in [5, 5.41) is 2.96. The summed E-state index contributed by atoms with van der Waals surface area (Å²) in [5.74, 6) is 0.515. The van der Waals surface area contributed by atoms with Gasteiger partial charge in [0.15, 0.2) is 0 Å². The van der Waals surface area contributed by atoms with Gasteiger partial charge in [-0.2, -0.15) is 0 Å². The number of amides is 2. The summed E-state index contributed by atoms with van der Waals surface area (Å²) in [6.45, 7) is 5.52. The monoisotopic (exact) mass is 394 g/mol. The fourth-order valence-electron chi connectivity index (χ4n) is 3.80. The van der Waals surface area contributed by atoms with Gasteiger partial charge in [0.25, 0.3) is 5.91 Å². The van der Waals surface area contributed by atoms with Gasteiger partial charge in [0.05, 0.1) is 24.9 Å². The lowest BCUT2D eigenvalue weighted by Crippen LogP contribution is -2.27. The number of aromatic nitrogens is 2. The standard InChI is InChI=1S/C22H26N4O3/c1-22(2)11-17(22)19(27)24-12-14-10-16-18(25-20(14)29-3)13-26(21(16)28)9-7-15-6-4-5-8-23-15/h4-6,8,10,17H,7,9,11-13H2,1-3H3,(H,24,27). The lowest BCUT2D eigenvalue weighted by atomic mass is 10.1. The molecule has 152 valence electrons. The quantitative estimate of drug-likeness (QED) is 0.779. The molecular formula is C22H26N4O3. The minimum Gasteiger partial charge on any atom is -0.481 e. The average molecular weight is 394 g/mol. The minimum absolute atomic E-state index is 0.0398. The number of carbonyl (C=O) groups is 2. The molecule has 1 aliphatic heterocycles. The van der Waals surface area contributed by atoms with Crippen LogP contribution in [0.1, 0.15) is 47.6 Å². The molecule has 2 amide bonds. The van der Waals surface area contributed by atoms with E-state index in [4.69, 9.17) is 4.74 Å². The Kier molecular flexibility index (Phi) is 4.98. The molecule has 3 heterocycles. The van der Waals surface area contributed by atoms with Gasteiger partial charge in [-0.25, -0.2) is 4.98 Å². The first-order valence-corrected chi connectivity index (χ1v) is 9.93. The number of methoxy groups -OCH3 is 1. The van der Waals surface area contributed by atoms with Crippen molar-refractivity contribution in [2.75, 3.05) is 13.7 Å². The number of carbonyl (C=O) groups excluding carboxylic acids is 2. The van der Waals surface area contributed by atoms with Crippen molar-refractivity contribution in [2.45, 2.75) is 39.8 Å². The minimum atomic E-state index is -0.0398. The van der Waals surface area contributed by atoms with Crippen LogP contribution in [0.3, 0.4) is 0 Å². The van der Waals surface area contributed by atoms with Crippen molar-refractivity contribution in [3.05, 3.63) is 53.0 Å². The van der Waals surface area contributed by atoms with E-state index in [0.29, 0.717) is 43.2 Å². The fourth-order valence-corrected chi connectivity index (χ4v) is 3.80. The number of fused-ring (bicyclic) bond motifs is 1. The average Bonchev–Trinajstić information content (AvgIpc) is 3.26. The Morgan fingerprint density at radius 1 is 1.38 bits per heavy atom. The molecule has 1 fully saturated rings. The van der Waals surface area contributed by atoms with Gasteiger partial charge in [0.2, 0.25) is 11.8 Å². The third kappa shape index (κ3) is 3.95. The number of ether oxygens (including phenoxy) is 1. The Balaban J connectivity index is 1.44. The Morgan fingerprint density at radius 3 is 2.83 bits per heavy atom. The van der Waals surface area contributed by atoms with E-state index in [2.05, 4.69) is 29.1 Å². The zero-order valence-electron chi connectivity index (χ0n) is 17.1. The predicted octanol–water partition coefficient (Wildman–Crippen LogP) is 2.35. The van der Waals surface area contributed by atoms with Crippen molar-refractivity contribution in [1.29, 1.82) is 0 Å². The number of nitrogens with one attached hydrogen (secondary N) is 1. The first-order valence-electron chi connectivity index (χ1n) is 9.93. The van der Waals surface area contributed by atoms with Gasteiger partial charge in [0, 0.05) is 42.9 Å². The molecule has 0 spiro atoms. The number of hydrogen-bond acceptors (Lipinski definition) is 5. The summed E-state index contributed by atoms with van der Waals surface area (Å²) in [7, 11) is 1.56. The highest BCUT2D eigenvalue weighted by Gasteiger charge is 2.50. The molecular weight excluding hydrogens is 368 g/mol. The SMILES string of the molecule is COc1nc2c(cc1CNC(=O)C1CC1(C)C)C(=O)N(CCc1ccccn1)C2. The van der Waals surface area contributed by atoms with Crippen LogP contribution < -0.4 is 10.1 Å². The van der Waals surface area contributed by atoms with Crippen LogP contribution in [-0.4, -0.2) is 40.3 Å². The molecule has 0 bridgehead atoms. The van der Waals surface area contributed by atoms with Crippen LogP contribution in [0.5, 0.6) is 5.88 Å². The zero-order valence-corrected chi connectivity index (χ0v) is 17.1. The molecule has 7 heteroatoms. The van der Waals surface area contributed by atoms with Crippen molar-refractivity contribution in [1.82, 2.24) is 20.2 Å². The van der Waals surface area contributed by atoms with E-state index in [1.807, 2.05) is 24.3 Å². The van der Waals surface area contributed by atoms with E-state index in [1.54, 1.807) is 18.2 Å². The smallest absolute Gasteiger partial charge is 0.256 e. The van der Waals surface area contributed by atoms with Gasteiger partial charge in [-0.3, -0.25) is 14.6 Å². The summed E-state index contributed by atoms with van der Waals surface area (Å²) < 4.78 is 5.42. The Labute approximate surface area is 170 Å². The van der Waals surface area contributed by atoms with Crippen LogP contribution in [0.15, 0.2) is 30.5 Å². The van der Waals surface area contributed by atoms with E-state index in [-0.39, 0.29) is 23.1 Å². The van der Waals surface area contributed by atoms with Gasteiger partial charge in [-0.1, -0.05) is 19.9 Å². The van der Waals surface area contributed by atoms with Crippen LogP contribution in [0.2, 0.25) is 0 Å². The van der Waals surface area contributed by atoms with Gasteiger partial charge < -0.3 is 15.0 Å². The maximum absolute atomic E-state index is 12.8. The molecule has 1 saturated carbocycles. The second-order valence-electron chi connectivity index (χ2n) is 8.41. The van der Waals surface area contributed by atoms with E-state index >= 15 is 0 Å². The summed E-state index contributed by atoms with van der Waals surface area (Å²) >= 11 is 0. The third-order valence-electron chi connectivity index (χ3n) is 5.84. The van der Waals surface area contributed by atoms with Gasteiger partial charge in [0.1, 0.15) is 0 Å². The highest BCUT2D eigenvalue weighted by Crippen LogP contribution is 2.51. The van der Waals surface area contributed by atoms with Crippen LogP contribution in [-0.2, 0) is 24.3 Å². The zero-order chi connectivity index (χ0) is 20.6. The summed E-state index contributed by atoms with van der Waals surface area (Å²) in [4.78, 5) is 35.8. The Bertz CT molecular complexity index is 943. The summed E-state index contributed by atoms with van der Waals surface area (Å²) in [5.41, 5.74) is 3.05. The first kappa shape index (κ1) is 19.4. The van der Waals surface area contributed by atoms with Gasteiger partial charge in [-0.15, -0.1) is 0 Å². The lowest BCUT2D eigenvalue weighted by molar-refractivity contribution is -0.123. The van der Waals surface area contributed by atoms with Crippen molar-refractivity contribution in [3.8, 4) is 5.88 Å². The number of nitrogens with zero attached hydrogens (tertiary/aromatic N) is 3. The molecule has 1 unspecified atom stereocenters. The molecule has 1 atom stereocenters. The van der Waals surface area contributed by atoms with Crippen LogP contribution in [0.25, 0.3) is 0 Å². The van der Waals surface area contributed by atoms with Crippen molar-refractivity contribution < 1.29 is 14.3 Å². The fraction of sp³-hybridized carbons (Fsp3) is 0.455. The predicted molar refractivity (Wildman–Crippen MR) is 107 cm³/mol. The highest BCUT2D eigenvalue weighted by molar-refractivity contribution is 5.98. The Hall–Kier alpha value is -2.96. The van der Waals surface area contributed by atoms with Crippen LogP contribution in [0.4, 0.5) is 0 Å². The first-order chi connectivity index (χ1) is 13.9. The number of rotatable bonds is 7. The second-order valence-corrected chi connectivity index (χ2v) is 8.41. The molecule has 1 N–H and O–H groups in total. The molecule has 0 saturated heterocycles. The highest BCUT2D eigenvalue weighted by atomic mass is 16.5. The van der Waals surface area contributed by atoms with Crippen LogP contribution in [0, 0.1) is 11.3 Å². The van der Waals surface area contributed by atoms with E-state index in [9.17, 15) is 9.59 Å². The number of pyridine rings is 2. The van der Waals surface area contributed by atoms with E-state index in [0.717, 1.165) is 17.7 Å². The summed E-state index contributed by atoms with van der Waals surface area (Å²) in [6, 6.07) is 7.58. The van der Waals surface area contributed by atoms with E-state index < -0.39 is 0 Å². The maximum atomic E-state index is 12.8. The topological polar surface area (TPSA) is 84.4 Å². The largest absolute Gasteiger partial charge is 0.481 e. The van der Waals surface area contributed by atoms with E-state index in [1.165, 1.54) is 0 Å². The molecule has 4 rings (SSSR count). The van der Waals surface area contributed by atoms with Crippen molar-refractivity contribution in [2.24, 2.45) is 11.3 Å². The third-order valence-corrected chi connectivity index (χ3v) is 5.84. The maximum Gasteiger partial charge on any atom is 0.256 e. The van der Waals surface area contributed by atoms with Crippen molar-refractivity contribution >= 4 is 11.8 Å². The normalized spacial score (nSPS) is 19.1. The van der Waals surface area contributed by atoms with Gasteiger partial charge >= 0.3 is 0 Å². The molecule has 2 aromatic heterocycles. The molecule has 0 radical (unpaired) electrons. The molecule has 0 aromatic carbocycles.